The molecule has 1 amide bonds. The number of sulfonamides is 1. The SMILES string of the molecule is Cc1csc(CN(C)c2cc(C(=O)NC(Cc3ccccc3)C(O)CNCC#CC3CC3)cc(N(C)S(=O)(=O)C(C)C)n2)n1. The minimum absolute atomic E-state index is 0.125. The largest absolute Gasteiger partial charge is 0.390 e. The van der Waals surface area contributed by atoms with E-state index >= 15 is 0 Å². The van der Waals surface area contributed by atoms with Gasteiger partial charge in [-0.15, -0.1) is 11.3 Å². The molecule has 1 aliphatic rings. The second kappa shape index (κ2) is 15.0. The number of aryl methyl sites for hydroxylation is 1. The maximum atomic E-state index is 13.8. The molecule has 0 radical (unpaired) electrons. The Balaban J connectivity index is 1.60. The van der Waals surface area contributed by atoms with Crippen LogP contribution in [0.15, 0.2) is 47.8 Å². The van der Waals surface area contributed by atoms with Crippen molar-refractivity contribution in [2.75, 3.05) is 36.4 Å². The Morgan fingerprint density at radius 1 is 1.14 bits per heavy atom. The molecule has 2 unspecified atom stereocenters. The summed E-state index contributed by atoms with van der Waals surface area (Å²) in [5.41, 5.74) is 2.10. The first kappa shape index (κ1) is 33.4. The summed E-state index contributed by atoms with van der Waals surface area (Å²) in [7, 11) is -0.455. The zero-order valence-electron chi connectivity index (χ0n) is 25.9. The average Bonchev–Trinajstić information content (AvgIpc) is 3.74. The molecule has 4 rings (SSSR count). The summed E-state index contributed by atoms with van der Waals surface area (Å²) in [6.07, 6.45) is 1.80. The van der Waals surface area contributed by atoms with E-state index in [4.69, 9.17) is 0 Å². The van der Waals surface area contributed by atoms with Gasteiger partial charge in [-0.25, -0.2) is 18.4 Å². The molecule has 12 heteroatoms. The summed E-state index contributed by atoms with van der Waals surface area (Å²) in [6, 6.07) is 12.1. The van der Waals surface area contributed by atoms with Gasteiger partial charge >= 0.3 is 0 Å². The first-order valence-corrected chi connectivity index (χ1v) is 17.2. The third kappa shape index (κ3) is 9.25. The van der Waals surface area contributed by atoms with E-state index < -0.39 is 33.3 Å². The highest BCUT2D eigenvalue weighted by atomic mass is 32.2. The molecule has 1 saturated carbocycles. The van der Waals surface area contributed by atoms with E-state index in [9.17, 15) is 18.3 Å². The lowest BCUT2D eigenvalue weighted by atomic mass is 10.0. The number of aliphatic hydroxyl groups is 1. The fourth-order valence-electron chi connectivity index (χ4n) is 4.45. The summed E-state index contributed by atoms with van der Waals surface area (Å²) >= 11 is 1.52. The number of carbonyl (C=O) groups is 1. The van der Waals surface area contributed by atoms with Crippen LogP contribution in [0.3, 0.4) is 0 Å². The third-order valence-corrected chi connectivity index (χ3v) is 10.4. The number of nitrogens with zero attached hydrogens (tertiary/aromatic N) is 4. The van der Waals surface area contributed by atoms with Gasteiger partial charge in [-0.1, -0.05) is 42.2 Å². The van der Waals surface area contributed by atoms with Crippen LogP contribution in [0.2, 0.25) is 0 Å². The number of aliphatic hydroxyl groups excluding tert-OH is 1. The van der Waals surface area contributed by atoms with E-state index in [2.05, 4.69) is 32.4 Å². The Morgan fingerprint density at radius 2 is 1.84 bits per heavy atom. The molecular weight excluding hydrogens is 597 g/mol. The lowest BCUT2D eigenvalue weighted by molar-refractivity contribution is 0.0832. The van der Waals surface area contributed by atoms with Crippen LogP contribution in [0.4, 0.5) is 11.6 Å². The zero-order chi connectivity index (χ0) is 31.9. The van der Waals surface area contributed by atoms with Gasteiger partial charge in [0.1, 0.15) is 16.6 Å². The fraction of sp³-hybridized carbons (Fsp3) is 0.469. The Labute approximate surface area is 265 Å². The molecule has 0 saturated heterocycles. The molecule has 1 aromatic carbocycles. The molecule has 0 aliphatic heterocycles. The summed E-state index contributed by atoms with van der Waals surface area (Å²) in [6.45, 7) is 6.25. The van der Waals surface area contributed by atoms with Gasteiger partial charge in [-0.05, 0) is 57.7 Å². The number of hydrogen-bond donors (Lipinski definition) is 3. The third-order valence-electron chi connectivity index (χ3n) is 7.32. The van der Waals surface area contributed by atoms with Crippen LogP contribution in [0.25, 0.3) is 0 Å². The van der Waals surface area contributed by atoms with E-state index in [-0.39, 0.29) is 17.9 Å². The van der Waals surface area contributed by atoms with Crippen molar-refractivity contribution in [3.63, 3.8) is 0 Å². The van der Waals surface area contributed by atoms with Gasteiger partial charge in [0.15, 0.2) is 0 Å². The number of carbonyl (C=O) groups excluding carboxylic acids is 1. The number of rotatable bonds is 14. The Kier molecular flexibility index (Phi) is 11.4. The van der Waals surface area contributed by atoms with Crippen molar-refractivity contribution in [2.24, 2.45) is 5.92 Å². The first-order valence-electron chi connectivity index (χ1n) is 14.8. The predicted molar refractivity (Wildman–Crippen MR) is 176 cm³/mol. The Morgan fingerprint density at radius 3 is 2.48 bits per heavy atom. The fourth-order valence-corrected chi connectivity index (χ4v) is 6.26. The molecule has 0 spiro atoms. The maximum Gasteiger partial charge on any atom is 0.251 e. The quantitative estimate of drug-likeness (QED) is 0.181. The van der Waals surface area contributed by atoms with E-state index in [0.717, 1.165) is 33.4 Å². The molecule has 0 bridgehead atoms. The Bertz CT molecular complexity index is 1580. The van der Waals surface area contributed by atoms with Crippen LogP contribution in [0, 0.1) is 24.7 Å². The van der Waals surface area contributed by atoms with Gasteiger partial charge < -0.3 is 20.6 Å². The number of aromatic nitrogens is 2. The standard InChI is InChI=1S/C32H42N6O4S2/c1-22(2)44(41,42)38(5)30-18-26(17-29(36-30)37(4)20-31-34-23(3)21-43-31)32(40)35-27(16-25-10-7-6-8-11-25)28(39)19-33-15-9-12-24-13-14-24/h6-8,10-11,17-18,21-22,24,27-28,33,39H,13-16,19-20H2,1-5H3,(H,35,40). The molecule has 236 valence electrons. The highest BCUT2D eigenvalue weighted by Crippen LogP contribution is 2.27. The predicted octanol–water partition coefficient (Wildman–Crippen LogP) is 3.36. The second-order valence-electron chi connectivity index (χ2n) is 11.4. The smallest absolute Gasteiger partial charge is 0.251 e. The van der Waals surface area contributed by atoms with Crippen molar-refractivity contribution in [1.82, 2.24) is 20.6 Å². The Hall–Kier alpha value is -3.50. The maximum absolute atomic E-state index is 13.8. The molecule has 44 heavy (non-hydrogen) atoms. The summed E-state index contributed by atoms with van der Waals surface area (Å²) in [5, 5.41) is 19.5. The van der Waals surface area contributed by atoms with Gasteiger partial charge in [-0.2, -0.15) is 0 Å². The zero-order valence-corrected chi connectivity index (χ0v) is 27.6. The number of nitrogens with one attached hydrogen (secondary N) is 2. The van der Waals surface area contributed by atoms with Crippen LogP contribution in [-0.2, 0) is 23.0 Å². The monoisotopic (exact) mass is 638 g/mol. The van der Waals surface area contributed by atoms with Crippen LogP contribution in [-0.4, -0.2) is 74.0 Å². The molecule has 2 atom stereocenters. The molecule has 1 aliphatic carbocycles. The first-order chi connectivity index (χ1) is 20.9. The van der Waals surface area contributed by atoms with E-state index in [1.807, 2.05) is 54.6 Å². The molecule has 2 heterocycles. The van der Waals surface area contributed by atoms with Crippen molar-refractivity contribution < 1.29 is 18.3 Å². The molecule has 3 N–H and O–H groups in total. The van der Waals surface area contributed by atoms with Crippen LogP contribution in [0.5, 0.6) is 0 Å². The number of hydrogen-bond acceptors (Lipinski definition) is 9. The van der Waals surface area contributed by atoms with Crippen molar-refractivity contribution in [3.8, 4) is 11.8 Å². The number of amides is 1. The molecule has 1 fully saturated rings. The minimum Gasteiger partial charge on any atom is -0.390 e. The summed E-state index contributed by atoms with van der Waals surface area (Å²) < 4.78 is 27.2. The van der Waals surface area contributed by atoms with Crippen LogP contribution >= 0.6 is 11.3 Å². The summed E-state index contributed by atoms with van der Waals surface area (Å²) in [4.78, 5) is 24.8. The summed E-state index contributed by atoms with van der Waals surface area (Å²) in [5.74, 6) is 6.89. The van der Waals surface area contributed by atoms with E-state index in [1.54, 1.807) is 19.9 Å². The molecule has 2 aromatic heterocycles. The van der Waals surface area contributed by atoms with Crippen molar-refractivity contribution in [2.45, 2.75) is 64.0 Å². The van der Waals surface area contributed by atoms with Gasteiger partial charge in [0.2, 0.25) is 10.0 Å². The minimum atomic E-state index is -3.71. The van der Waals surface area contributed by atoms with E-state index in [0.29, 0.717) is 31.2 Å². The van der Waals surface area contributed by atoms with E-state index in [1.165, 1.54) is 24.5 Å². The second-order valence-corrected chi connectivity index (χ2v) is 14.9. The topological polar surface area (TPSA) is 128 Å². The number of benzene rings is 1. The van der Waals surface area contributed by atoms with Crippen molar-refractivity contribution in [1.29, 1.82) is 0 Å². The van der Waals surface area contributed by atoms with Crippen molar-refractivity contribution >= 4 is 38.9 Å². The van der Waals surface area contributed by atoms with Gasteiger partial charge in [0, 0.05) is 43.2 Å². The highest BCUT2D eigenvalue weighted by Gasteiger charge is 2.27. The number of anilines is 2. The highest BCUT2D eigenvalue weighted by molar-refractivity contribution is 7.93. The number of thiazole rings is 1. The normalized spacial score (nSPS) is 14.4. The van der Waals surface area contributed by atoms with Gasteiger partial charge in [0.25, 0.3) is 5.91 Å². The van der Waals surface area contributed by atoms with Crippen LogP contribution in [0.1, 0.15) is 53.3 Å². The molecule has 3 aromatic rings. The lowest BCUT2D eigenvalue weighted by Crippen LogP contribution is -2.48. The lowest BCUT2D eigenvalue weighted by Gasteiger charge is -2.26. The molecule has 10 nitrogen and oxygen atoms in total. The van der Waals surface area contributed by atoms with Gasteiger partial charge in [-0.3, -0.25) is 9.10 Å². The van der Waals surface area contributed by atoms with Crippen LogP contribution < -0.4 is 19.8 Å². The number of pyridine rings is 1. The molecular formula is C32H42N6O4S2. The van der Waals surface area contributed by atoms with Crippen molar-refractivity contribution in [3.05, 3.63) is 69.7 Å². The van der Waals surface area contributed by atoms with Gasteiger partial charge in [0.05, 0.1) is 30.5 Å². The average molecular weight is 639 g/mol.